The van der Waals surface area contributed by atoms with Crippen LogP contribution in [0.4, 0.5) is 5.88 Å². The highest BCUT2D eigenvalue weighted by Crippen LogP contribution is 2.44. The highest BCUT2D eigenvalue weighted by atomic mass is 35.5. The molecule has 1 fully saturated rings. The minimum atomic E-state index is -0.528. The number of amides is 1. The number of benzene rings is 1. The molecule has 0 N–H and O–H groups in total. The number of hydrogen-bond donors (Lipinski definition) is 0. The van der Waals surface area contributed by atoms with Crippen molar-refractivity contribution in [2.45, 2.75) is 38.3 Å². The van der Waals surface area contributed by atoms with Crippen LogP contribution < -0.4 is 5.76 Å². The first-order valence-electron chi connectivity index (χ1n) is 9.39. The van der Waals surface area contributed by atoms with Crippen LogP contribution in [0.15, 0.2) is 43.0 Å². The van der Waals surface area contributed by atoms with Gasteiger partial charge in [-0.2, -0.15) is 4.68 Å². The van der Waals surface area contributed by atoms with Gasteiger partial charge in [-0.1, -0.05) is 28.9 Å². The Kier molecular flexibility index (Phi) is 5.29. The molecule has 0 aliphatic heterocycles. The predicted octanol–water partition coefficient (Wildman–Crippen LogP) is 3.51. The van der Waals surface area contributed by atoms with Gasteiger partial charge >= 0.3 is 5.76 Å². The maximum Gasteiger partial charge on any atom is 0.437 e. The molecule has 1 aliphatic rings. The van der Waals surface area contributed by atoms with E-state index in [4.69, 9.17) is 20.5 Å². The molecule has 0 atom stereocenters. The van der Waals surface area contributed by atoms with Gasteiger partial charge in [-0.05, 0) is 50.1 Å². The molecule has 0 spiro atoms. The number of halogens is 1. The van der Waals surface area contributed by atoms with Gasteiger partial charge in [-0.25, -0.2) is 9.79 Å². The minimum Gasteiger partial charge on any atom is -0.390 e. The van der Waals surface area contributed by atoms with Crippen molar-refractivity contribution in [3.63, 3.8) is 0 Å². The Morgan fingerprint density at radius 2 is 2.07 bits per heavy atom. The normalized spacial score (nSPS) is 18.1. The smallest absolute Gasteiger partial charge is 0.390 e. The molecule has 2 aromatic heterocycles. The molecule has 4 rings (SSSR count). The molecule has 10 heteroatoms. The highest BCUT2D eigenvalue weighted by Gasteiger charge is 2.34. The number of rotatable bonds is 6. The largest absolute Gasteiger partial charge is 0.437 e. The third-order valence-electron chi connectivity index (χ3n) is 5.33. The van der Waals surface area contributed by atoms with Crippen LogP contribution in [-0.4, -0.2) is 39.5 Å². The summed E-state index contributed by atoms with van der Waals surface area (Å²) in [5, 5.41) is 8.73. The van der Waals surface area contributed by atoms with Crippen molar-refractivity contribution < 1.29 is 13.7 Å². The Labute approximate surface area is 176 Å². The van der Waals surface area contributed by atoms with E-state index in [2.05, 4.69) is 22.0 Å². The molecule has 9 nitrogen and oxygen atoms in total. The van der Waals surface area contributed by atoms with Gasteiger partial charge in [-0.15, -0.1) is 5.10 Å². The summed E-state index contributed by atoms with van der Waals surface area (Å²) in [6.07, 6.45) is 1.58. The van der Waals surface area contributed by atoms with Crippen molar-refractivity contribution in [3.05, 3.63) is 62.6 Å². The van der Waals surface area contributed by atoms with Crippen molar-refractivity contribution in [1.29, 1.82) is 0 Å². The fourth-order valence-electron chi connectivity index (χ4n) is 3.60. The summed E-state index contributed by atoms with van der Waals surface area (Å²) in [6.45, 7) is 5.04. The summed E-state index contributed by atoms with van der Waals surface area (Å²) >= 11 is 5.93. The van der Waals surface area contributed by atoms with E-state index in [0.717, 1.165) is 12.8 Å². The van der Waals surface area contributed by atoms with Crippen LogP contribution in [0, 0.1) is 6.92 Å². The fourth-order valence-corrected chi connectivity index (χ4v) is 3.72. The SMILES string of the molecule is C=Nc1onc(C)c1C(=O)N(C)Cc1nn(C2CC(c3ccc(Cl)cc3)C2)c(=O)o1. The van der Waals surface area contributed by atoms with Crippen LogP contribution in [0.25, 0.3) is 0 Å². The molecule has 0 saturated heterocycles. The molecule has 0 unspecified atom stereocenters. The minimum absolute atomic E-state index is 0.0234. The summed E-state index contributed by atoms with van der Waals surface area (Å²) in [6, 6.07) is 7.69. The van der Waals surface area contributed by atoms with Crippen LogP contribution >= 0.6 is 11.6 Å². The van der Waals surface area contributed by atoms with E-state index in [0.29, 0.717) is 16.6 Å². The van der Waals surface area contributed by atoms with Crippen molar-refractivity contribution in [3.8, 4) is 0 Å². The molecule has 1 aromatic carbocycles. The van der Waals surface area contributed by atoms with Gasteiger partial charge in [0, 0.05) is 12.1 Å². The van der Waals surface area contributed by atoms with Gasteiger partial charge in [-0.3, -0.25) is 4.79 Å². The lowest BCUT2D eigenvalue weighted by molar-refractivity contribution is 0.0772. The van der Waals surface area contributed by atoms with E-state index in [-0.39, 0.29) is 35.8 Å². The van der Waals surface area contributed by atoms with E-state index in [1.807, 2.05) is 24.3 Å². The van der Waals surface area contributed by atoms with Gasteiger partial charge in [0.25, 0.3) is 11.8 Å². The second kappa shape index (κ2) is 7.91. The first kappa shape index (κ1) is 20.1. The topological polar surface area (TPSA) is 107 Å². The number of carbonyl (C=O) groups is 1. The maximum absolute atomic E-state index is 12.7. The van der Waals surface area contributed by atoms with E-state index in [1.165, 1.54) is 15.1 Å². The van der Waals surface area contributed by atoms with Crippen LogP contribution in [-0.2, 0) is 6.54 Å². The van der Waals surface area contributed by atoms with Gasteiger partial charge in [0.2, 0.25) is 5.89 Å². The van der Waals surface area contributed by atoms with Gasteiger partial charge in [0.05, 0.1) is 18.3 Å². The number of hydrogen-bond acceptors (Lipinski definition) is 7. The van der Waals surface area contributed by atoms with Gasteiger partial charge in [0.1, 0.15) is 5.56 Å². The summed E-state index contributed by atoms with van der Waals surface area (Å²) in [5.74, 6) is -0.336. The quantitative estimate of drug-likeness (QED) is 0.555. The zero-order valence-electron chi connectivity index (χ0n) is 16.5. The van der Waals surface area contributed by atoms with E-state index < -0.39 is 5.76 Å². The predicted molar refractivity (Wildman–Crippen MR) is 109 cm³/mol. The first-order valence-corrected chi connectivity index (χ1v) is 9.77. The first-order chi connectivity index (χ1) is 14.4. The summed E-state index contributed by atoms with van der Waals surface area (Å²) < 4.78 is 11.6. The van der Waals surface area contributed by atoms with Crippen LogP contribution in [0.3, 0.4) is 0 Å². The monoisotopic (exact) mass is 429 g/mol. The average Bonchev–Trinajstić information content (AvgIpc) is 3.23. The molecule has 1 saturated carbocycles. The third kappa shape index (κ3) is 3.68. The second-order valence-corrected chi connectivity index (χ2v) is 7.78. The van der Waals surface area contributed by atoms with Crippen molar-refractivity contribution in [2.24, 2.45) is 4.99 Å². The standard InChI is InChI=1S/C20H20ClN5O4/c1-11-17(18(22-2)30-24-11)19(27)25(3)10-16-23-26(20(28)29-16)15-8-13(9-15)12-4-6-14(21)7-5-12/h4-7,13,15H,2,8-10H2,1,3H3. The van der Waals surface area contributed by atoms with Gasteiger partial charge in [0.15, 0.2) is 0 Å². The van der Waals surface area contributed by atoms with E-state index in [1.54, 1.807) is 14.0 Å². The van der Waals surface area contributed by atoms with Gasteiger partial charge < -0.3 is 13.8 Å². The van der Waals surface area contributed by atoms with Crippen LogP contribution in [0.5, 0.6) is 0 Å². The molecule has 3 aromatic rings. The molecule has 156 valence electrons. The molecule has 1 amide bonds. The number of carbonyl (C=O) groups excluding carboxylic acids is 1. The van der Waals surface area contributed by atoms with E-state index in [9.17, 15) is 9.59 Å². The van der Waals surface area contributed by atoms with Crippen LogP contribution in [0.2, 0.25) is 5.02 Å². The Bertz CT molecular complexity index is 1140. The molecule has 30 heavy (non-hydrogen) atoms. The van der Waals surface area contributed by atoms with E-state index >= 15 is 0 Å². The zero-order chi connectivity index (χ0) is 21.4. The number of aliphatic imine (C=N–C) groups is 1. The number of nitrogens with zero attached hydrogens (tertiary/aromatic N) is 5. The molecular formula is C20H20ClN5O4. The number of aryl methyl sites for hydroxylation is 1. The average molecular weight is 430 g/mol. The summed E-state index contributed by atoms with van der Waals surface area (Å²) in [7, 11) is 1.57. The Morgan fingerprint density at radius 1 is 1.37 bits per heavy atom. The van der Waals surface area contributed by atoms with Crippen molar-refractivity contribution >= 4 is 30.1 Å². The Hall–Kier alpha value is -3.20. The maximum atomic E-state index is 12.7. The summed E-state index contributed by atoms with van der Waals surface area (Å²) in [4.78, 5) is 30.0. The highest BCUT2D eigenvalue weighted by molar-refractivity contribution is 6.30. The Morgan fingerprint density at radius 3 is 2.73 bits per heavy atom. The van der Waals surface area contributed by atoms with Crippen LogP contribution in [0.1, 0.15) is 52.3 Å². The molecule has 2 heterocycles. The lowest BCUT2D eigenvalue weighted by Crippen LogP contribution is -2.32. The molecule has 0 bridgehead atoms. The third-order valence-corrected chi connectivity index (χ3v) is 5.59. The lowest BCUT2D eigenvalue weighted by atomic mass is 9.76. The second-order valence-electron chi connectivity index (χ2n) is 7.35. The summed E-state index contributed by atoms with van der Waals surface area (Å²) in [5.41, 5.74) is 1.82. The van der Waals surface area contributed by atoms with Crippen molar-refractivity contribution in [2.75, 3.05) is 7.05 Å². The zero-order valence-corrected chi connectivity index (χ0v) is 17.3. The molecular weight excluding hydrogens is 410 g/mol. The lowest BCUT2D eigenvalue weighted by Gasteiger charge is -2.34. The Balaban J connectivity index is 1.42. The molecule has 1 aliphatic carbocycles. The number of aromatic nitrogens is 3. The fraction of sp³-hybridized carbons (Fsp3) is 0.350. The molecule has 0 radical (unpaired) electrons. The van der Waals surface area contributed by atoms with Crippen molar-refractivity contribution in [1.82, 2.24) is 19.8 Å².